The van der Waals surface area contributed by atoms with E-state index in [9.17, 15) is 4.79 Å². The summed E-state index contributed by atoms with van der Waals surface area (Å²) in [5.41, 5.74) is 4.49. The van der Waals surface area contributed by atoms with Gasteiger partial charge in [-0.1, -0.05) is 12.1 Å². The number of amides is 1. The molecule has 0 spiro atoms. The fourth-order valence-corrected chi connectivity index (χ4v) is 2.82. The summed E-state index contributed by atoms with van der Waals surface area (Å²) in [6, 6.07) is 17.0. The van der Waals surface area contributed by atoms with E-state index in [-0.39, 0.29) is 5.91 Å². The highest BCUT2D eigenvalue weighted by molar-refractivity contribution is 6.04. The number of hydrogen-bond donors (Lipinski definition) is 1. The number of carbonyl (C=O) groups is 1. The average molecular weight is 349 g/mol. The van der Waals surface area contributed by atoms with Gasteiger partial charge >= 0.3 is 0 Å². The Bertz CT molecular complexity index is 898. The molecular formula is C21H23N3O2. The van der Waals surface area contributed by atoms with Gasteiger partial charge in [0.15, 0.2) is 0 Å². The largest absolute Gasteiger partial charge is 0.494 e. The summed E-state index contributed by atoms with van der Waals surface area (Å²) < 4.78 is 7.36. The van der Waals surface area contributed by atoms with E-state index in [1.807, 2.05) is 80.1 Å². The molecule has 0 saturated carbocycles. The number of benzene rings is 2. The first kappa shape index (κ1) is 17.7. The summed E-state index contributed by atoms with van der Waals surface area (Å²) in [4.78, 5) is 12.5. The van der Waals surface area contributed by atoms with E-state index >= 15 is 0 Å². The Morgan fingerprint density at radius 3 is 2.54 bits per heavy atom. The fraction of sp³-hybridized carbons (Fsp3) is 0.238. The van der Waals surface area contributed by atoms with E-state index in [1.165, 1.54) is 0 Å². The molecule has 0 radical (unpaired) electrons. The number of anilines is 1. The Kier molecular flexibility index (Phi) is 5.37. The second kappa shape index (κ2) is 7.87. The zero-order valence-corrected chi connectivity index (χ0v) is 15.3. The van der Waals surface area contributed by atoms with Gasteiger partial charge in [0.2, 0.25) is 0 Å². The first-order chi connectivity index (χ1) is 12.5. The molecule has 3 aromatic rings. The molecule has 0 aliphatic carbocycles. The number of carbonyl (C=O) groups excluding carboxylic acids is 1. The first-order valence-electron chi connectivity index (χ1n) is 8.69. The standard InChI is InChI=1S/C21H23N3O2/c1-4-26-20-10-8-19(9-11-20)22-21(25)18-7-5-6-17(13-18)14-24-16(3)12-15(2)23-24/h5-13H,4,14H2,1-3H3,(H,22,25). The van der Waals surface area contributed by atoms with Crippen LogP contribution in [-0.4, -0.2) is 22.3 Å². The maximum Gasteiger partial charge on any atom is 0.255 e. The summed E-state index contributed by atoms with van der Waals surface area (Å²) in [6.07, 6.45) is 0. The van der Waals surface area contributed by atoms with Crippen molar-refractivity contribution in [2.75, 3.05) is 11.9 Å². The number of nitrogens with one attached hydrogen (secondary N) is 1. The zero-order chi connectivity index (χ0) is 18.5. The molecule has 0 unspecified atom stereocenters. The van der Waals surface area contributed by atoms with Gasteiger partial charge in [-0.3, -0.25) is 9.48 Å². The topological polar surface area (TPSA) is 56.1 Å². The fourth-order valence-electron chi connectivity index (χ4n) is 2.82. The van der Waals surface area contributed by atoms with Gasteiger partial charge in [-0.05, 0) is 68.8 Å². The number of ether oxygens (including phenoxy) is 1. The summed E-state index contributed by atoms with van der Waals surface area (Å²) in [5, 5.41) is 7.39. The van der Waals surface area contributed by atoms with E-state index in [0.29, 0.717) is 18.7 Å². The van der Waals surface area contributed by atoms with Crippen molar-refractivity contribution in [3.05, 3.63) is 77.1 Å². The van der Waals surface area contributed by atoms with Crippen molar-refractivity contribution in [2.24, 2.45) is 0 Å². The molecule has 26 heavy (non-hydrogen) atoms. The van der Waals surface area contributed by atoms with Crippen LogP contribution in [0.25, 0.3) is 0 Å². The van der Waals surface area contributed by atoms with Crippen LogP contribution in [-0.2, 0) is 6.54 Å². The quantitative estimate of drug-likeness (QED) is 0.726. The lowest BCUT2D eigenvalue weighted by Gasteiger charge is -2.09. The van der Waals surface area contributed by atoms with Crippen LogP contribution in [0.1, 0.15) is 34.2 Å². The normalized spacial score (nSPS) is 10.6. The van der Waals surface area contributed by atoms with E-state index in [4.69, 9.17) is 4.74 Å². The SMILES string of the molecule is CCOc1ccc(NC(=O)c2cccc(Cn3nc(C)cc3C)c2)cc1. The minimum Gasteiger partial charge on any atom is -0.494 e. The first-order valence-corrected chi connectivity index (χ1v) is 8.69. The maximum atomic E-state index is 12.5. The zero-order valence-electron chi connectivity index (χ0n) is 15.3. The van der Waals surface area contributed by atoms with Crippen LogP contribution in [0.5, 0.6) is 5.75 Å². The van der Waals surface area contributed by atoms with Gasteiger partial charge in [-0.25, -0.2) is 0 Å². The highest BCUT2D eigenvalue weighted by atomic mass is 16.5. The molecule has 1 heterocycles. The maximum absolute atomic E-state index is 12.5. The van der Waals surface area contributed by atoms with Gasteiger partial charge in [0, 0.05) is 16.9 Å². The average Bonchev–Trinajstić information content (AvgIpc) is 2.94. The molecule has 2 aromatic carbocycles. The highest BCUT2D eigenvalue weighted by Gasteiger charge is 2.08. The number of aryl methyl sites for hydroxylation is 2. The molecule has 5 nitrogen and oxygen atoms in total. The third kappa shape index (κ3) is 4.30. The number of aromatic nitrogens is 2. The van der Waals surface area contributed by atoms with Crippen molar-refractivity contribution >= 4 is 11.6 Å². The van der Waals surface area contributed by atoms with Crippen LogP contribution in [0.15, 0.2) is 54.6 Å². The highest BCUT2D eigenvalue weighted by Crippen LogP contribution is 2.17. The number of rotatable bonds is 6. The van der Waals surface area contributed by atoms with Gasteiger partial charge in [0.05, 0.1) is 18.8 Å². The van der Waals surface area contributed by atoms with Crippen molar-refractivity contribution in [1.29, 1.82) is 0 Å². The molecule has 3 rings (SSSR count). The molecule has 0 fully saturated rings. The van der Waals surface area contributed by atoms with Crippen LogP contribution in [0, 0.1) is 13.8 Å². The molecule has 0 bridgehead atoms. The smallest absolute Gasteiger partial charge is 0.255 e. The molecule has 134 valence electrons. The van der Waals surface area contributed by atoms with E-state index in [2.05, 4.69) is 10.4 Å². The number of nitrogens with zero attached hydrogens (tertiary/aromatic N) is 2. The minimum atomic E-state index is -0.135. The Morgan fingerprint density at radius 2 is 1.88 bits per heavy atom. The third-order valence-corrected chi connectivity index (χ3v) is 4.05. The van der Waals surface area contributed by atoms with Crippen LogP contribution in [0.2, 0.25) is 0 Å². The van der Waals surface area contributed by atoms with Crippen molar-refractivity contribution < 1.29 is 9.53 Å². The van der Waals surface area contributed by atoms with Crippen molar-refractivity contribution in [2.45, 2.75) is 27.3 Å². The minimum absolute atomic E-state index is 0.135. The second-order valence-corrected chi connectivity index (χ2v) is 6.20. The lowest BCUT2D eigenvalue weighted by Crippen LogP contribution is -2.12. The predicted octanol–water partition coefficient (Wildman–Crippen LogP) is 4.20. The van der Waals surface area contributed by atoms with Gasteiger partial charge in [0.1, 0.15) is 5.75 Å². The third-order valence-electron chi connectivity index (χ3n) is 4.05. The molecule has 0 saturated heterocycles. The molecule has 5 heteroatoms. The summed E-state index contributed by atoms with van der Waals surface area (Å²) in [6.45, 7) is 7.21. The Hall–Kier alpha value is -3.08. The summed E-state index contributed by atoms with van der Waals surface area (Å²) in [5.74, 6) is 0.654. The van der Waals surface area contributed by atoms with Crippen molar-refractivity contribution in [3.63, 3.8) is 0 Å². The van der Waals surface area contributed by atoms with Gasteiger partial charge in [-0.15, -0.1) is 0 Å². The van der Waals surface area contributed by atoms with Crippen molar-refractivity contribution in [3.8, 4) is 5.75 Å². The Labute approximate surface area is 153 Å². The summed E-state index contributed by atoms with van der Waals surface area (Å²) >= 11 is 0. The molecule has 0 aliphatic rings. The molecular weight excluding hydrogens is 326 g/mol. The number of hydrogen-bond acceptors (Lipinski definition) is 3. The van der Waals surface area contributed by atoms with Gasteiger partial charge < -0.3 is 10.1 Å². The van der Waals surface area contributed by atoms with E-state index in [1.54, 1.807) is 0 Å². The van der Waals surface area contributed by atoms with Crippen LogP contribution < -0.4 is 10.1 Å². The van der Waals surface area contributed by atoms with E-state index < -0.39 is 0 Å². The van der Waals surface area contributed by atoms with E-state index in [0.717, 1.165) is 28.4 Å². The predicted molar refractivity (Wildman–Crippen MR) is 103 cm³/mol. The van der Waals surface area contributed by atoms with Crippen LogP contribution in [0.4, 0.5) is 5.69 Å². The molecule has 0 atom stereocenters. The molecule has 1 N–H and O–H groups in total. The lowest BCUT2D eigenvalue weighted by molar-refractivity contribution is 0.102. The second-order valence-electron chi connectivity index (χ2n) is 6.20. The monoisotopic (exact) mass is 349 g/mol. The summed E-state index contributed by atoms with van der Waals surface area (Å²) in [7, 11) is 0. The van der Waals surface area contributed by atoms with Crippen LogP contribution in [0.3, 0.4) is 0 Å². The van der Waals surface area contributed by atoms with Gasteiger partial charge in [-0.2, -0.15) is 5.10 Å². The lowest BCUT2D eigenvalue weighted by atomic mass is 10.1. The van der Waals surface area contributed by atoms with Gasteiger partial charge in [0.25, 0.3) is 5.91 Å². The Balaban J connectivity index is 1.70. The molecule has 1 aromatic heterocycles. The molecule has 1 amide bonds. The molecule has 0 aliphatic heterocycles. The van der Waals surface area contributed by atoms with Crippen molar-refractivity contribution in [1.82, 2.24) is 9.78 Å². The van der Waals surface area contributed by atoms with Crippen LogP contribution >= 0.6 is 0 Å². The Morgan fingerprint density at radius 1 is 1.12 bits per heavy atom.